The van der Waals surface area contributed by atoms with Gasteiger partial charge in [-0.25, -0.2) is 9.97 Å². The first kappa shape index (κ1) is 16.6. The fourth-order valence-electron chi connectivity index (χ4n) is 4.52. The third-order valence-electron chi connectivity index (χ3n) is 5.82. The van der Waals surface area contributed by atoms with Gasteiger partial charge in [-0.05, 0) is 43.7 Å². The molecule has 1 saturated heterocycles. The van der Waals surface area contributed by atoms with E-state index in [-0.39, 0.29) is 0 Å². The molecule has 0 unspecified atom stereocenters. The van der Waals surface area contributed by atoms with Crippen LogP contribution < -0.4 is 0 Å². The highest BCUT2D eigenvalue weighted by molar-refractivity contribution is 5.77. The van der Waals surface area contributed by atoms with Gasteiger partial charge < -0.3 is 9.47 Å². The van der Waals surface area contributed by atoms with E-state index in [2.05, 4.69) is 21.4 Å². The highest BCUT2D eigenvalue weighted by Crippen LogP contribution is 2.32. The van der Waals surface area contributed by atoms with Crippen LogP contribution in [0.15, 0.2) is 18.3 Å². The van der Waals surface area contributed by atoms with Gasteiger partial charge in [0.2, 0.25) is 5.91 Å². The summed E-state index contributed by atoms with van der Waals surface area (Å²) in [4.78, 5) is 24.1. The van der Waals surface area contributed by atoms with Gasteiger partial charge in [-0.2, -0.15) is 0 Å². The molecule has 1 aliphatic carbocycles. The number of carbonyl (C=O) groups excluding carboxylic acids is 1. The van der Waals surface area contributed by atoms with Crippen molar-refractivity contribution >= 4 is 17.1 Å². The number of amides is 1. The van der Waals surface area contributed by atoms with Gasteiger partial charge in [0, 0.05) is 38.2 Å². The van der Waals surface area contributed by atoms with E-state index < -0.39 is 0 Å². The summed E-state index contributed by atoms with van der Waals surface area (Å²) in [5.41, 5.74) is 1.96. The molecule has 134 valence electrons. The monoisotopic (exact) mass is 340 g/mol. The highest BCUT2D eigenvalue weighted by Gasteiger charge is 2.32. The smallest absolute Gasteiger partial charge is 0.222 e. The molecule has 1 amide bonds. The number of hydrogen-bond donors (Lipinski definition) is 0. The number of carbonyl (C=O) groups is 1. The summed E-state index contributed by atoms with van der Waals surface area (Å²) in [5.74, 6) is 2.44. The van der Waals surface area contributed by atoms with E-state index >= 15 is 0 Å². The van der Waals surface area contributed by atoms with Crippen molar-refractivity contribution < 1.29 is 4.79 Å². The van der Waals surface area contributed by atoms with Crippen molar-refractivity contribution in [1.82, 2.24) is 19.4 Å². The zero-order valence-electron chi connectivity index (χ0n) is 15.2. The molecule has 0 bridgehead atoms. The largest absolute Gasteiger partial charge is 0.342 e. The van der Waals surface area contributed by atoms with Crippen LogP contribution in [-0.2, 0) is 11.3 Å². The van der Waals surface area contributed by atoms with E-state index in [0.29, 0.717) is 17.7 Å². The summed E-state index contributed by atoms with van der Waals surface area (Å²) in [7, 11) is 0. The van der Waals surface area contributed by atoms with Gasteiger partial charge in [0.05, 0.1) is 0 Å². The second kappa shape index (κ2) is 7.14. The lowest BCUT2D eigenvalue weighted by molar-refractivity contribution is -0.131. The van der Waals surface area contributed by atoms with Gasteiger partial charge in [0.15, 0.2) is 5.65 Å². The Hall–Kier alpha value is -1.91. The normalized spacial score (nSPS) is 21.5. The SMILES string of the molecule is CCCn1c([C@@H]2CCN(C(=O)CC3CCCC3)C2)nc2cccnc21. The van der Waals surface area contributed by atoms with Gasteiger partial charge in [-0.1, -0.05) is 19.8 Å². The van der Waals surface area contributed by atoms with Crippen LogP contribution in [0.25, 0.3) is 11.2 Å². The molecule has 3 heterocycles. The maximum atomic E-state index is 12.6. The number of rotatable bonds is 5. The van der Waals surface area contributed by atoms with Crippen molar-refractivity contribution in [2.75, 3.05) is 13.1 Å². The Morgan fingerprint density at radius 2 is 2.12 bits per heavy atom. The molecule has 5 heteroatoms. The number of nitrogens with zero attached hydrogens (tertiary/aromatic N) is 4. The molecule has 2 aliphatic rings. The Kier molecular flexibility index (Phi) is 4.73. The highest BCUT2D eigenvalue weighted by atomic mass is 16.2. The summed E-state index contributed by atoms with van der Waals surface area (Å²) in [6, 6.07) is 3.98. The zero-order valence-corrected chi connectivity index (χ0v) is 15.2. The summed E-state index contributed by atoms with van der Waals surface area (Å²) in [5, 5.41) is 0. The minimum absolute atomic E-state index is 0.341. The summed E-state index contributed by atoms with van der Waals surface area (Å²) in [6.07, 6.45) is 9.74. The molecule has 2 aromatic rings. The number of hydrogen-bond acceptors (Lipinski definition) is 3. The summed E-state index contributed by atoms with van der Waals surface area (Å²) < 4.78 is 2.27. The molecule has 1 saturated carbocycles. The lowest BCUT2D eigenvalue weighted by Crippen LogP contribution is -2.30. The quantitative estimate of drug-likeness (QED) is 0.833. The van der Waals surface area contributed by atoms with E-state index in [1.54, 1.807) is 0 Å². The van der Waals surface area contributed by atoms with Crippen LogP contribution in [0.5, 0.6) is 0 Å². The number of imidazole rings is 1. The van der Waals surface area contributed by atoms with Crippen molar-refractivity contribution in [1.29, 1.82) is 0 Å². The molecule has 1 atom stereocenters. The van der Waals surface area contributed by atoms with Crippen LogP contribution in [-0.4, -0.2) is 38.4 Å². The molecular formula is C20H28N4O. The molecule has 5 nitrogen and oxygen atoms in total. The molecular weight excluding hydrogens is 312 g/mol. The van der Waals surface area contributed by atoms with Crippen LogP contribution in [0.2, 0.25) is 0 Å². The molecule has 1 aliphatic heterocycles. The van der Waals surface area contributed by atoms with Crippen molar-refractivity contribution in [2.24, 2.45) is 5.92 Å². The predicted molar refractivity (Wildman–Crippen MR) is 98.3 cm³/mol. The lowest BCUT2D eigenvalue weighted by atomic mass is 10.0. The van der Waals surface area contributed by atoms with Crippen LogP contribution in [0.3, 0.4) is 0 Å². The van der Waals surface area contributed by atoms with Crippen LogP contribution >= 0.6 is 0 Å². The molecule has 4 rings (SSSR count). The summed E-state index contributed by atoms with van der Waals surface area (Å²) >= 11 is 0. The van der Waals surface area contributed by atoms with E-state index in [9.17, 15) is 4.79 Å². The first-order valence-corrected chi connectivity index (χ1v) is 9.85. The number of pyridine rings is 1. The predicted octanol–water partition coefficient (Wildman–Crippen LogP) is 3.74. The van der Waals surface area contributed by atoms with Crippen LogP contribution in [0, 0.1) is 5.92 Å². The Balaban J connectivity index is 1.50. The Morgan fingerprint density at radius 1 is 1.28 bits per heavy atom. The number of aromatic nitrogens is 3. The second-order valence-corrected chi connectivity index (χ2v) is 7.65. The minimum atomic E-state index is 0.341. The minimum Gasteiger partial charge on any atom is -0.342 e. The molecule has 25 heavy (non-hydrogen) atoms. The fourth-order valence-corrected chi connectivity index (χ4v) is 4.52. The van der Waals surface area contributed by atoms with Crippen molar-refractivity contribution in [3.05, 3.63) is 24.2 Å². The topological polar surface area (TPSA) is 51.0 Å². The standard InChI is InChI=1S/C20H28N4O/c1-2-11-24-19(22-17-8-5-10-21-20(17)24)16-9-12-23(14-16)18(25)13-15-6-3-4-7-15/h5,8,10,15-16H,2-4,6-7,9,11-14H2,1H3/t16-/m1/s1. The molecule has 2 fully saturated rings. The molecule has 0 aromatic carbocycles. The van der Waals surface area contributed by atoms with Crippen molar-refractivity contribution in [2.45, 2.75) is 64.3 Å². The number of likely N-dealkylation sites (tertiary alicyclic amines) is 1. The van der Waals surface area contributed by atoms with Gasteiger partial charge in [0.25, 0.3) is 0 Å². The van der Waals surface area contributed by atoms with Crippen molar-refractivity contribution in [3.63, 3.8) is 0 Å². The van der Waals surface area contributed by atoms with E-state index in [1.165, 1.54) is 25.7 Å². The van der Waals surface area contributed by atoms with Crippen LogP contribution in [0.1, 0.15) is 63.6 Å². The first-order valence-electron chi connectivity index (χ1n) is 9.85. The second-order valence-electron chi connectivity index (χ2n) is 7.65. The average Bonchev–Trinajstić information content (AvgIpc) is 3.34. The molecule has 0 N–H and O–H groups in total. The van der Waals surface area contributed by atoms with Crippen LogP contribution in [0.4, 0.5) is 0 Å². The molecule has 0 spiro atoms. The van der Waals surface area contributed by atoms with E-state index in [1.807, 2.05) is 18.3 Å². The average molecular weight is 340 g/mol. The summed E-state index contributed by atoms with van der Waals surface area (Å²) in [6.45, 7) is 4.82. The van der Waals surface area contributed by atoms with Gasteiger partial charge >= 0.3 is 0 Å². The number of fused-ring (bicyclic) bond motifs is 1. The third kappa shape index (κ3) is 3.29. The van der Waals surface area contributed by atoms with Gasteiger partial charge in [0.1, 0.15) is 11.3 Å². The number of aryl methyl sites for hydroxylation is 1. The molecule has 0 radical (unpaired) electrons. The maximum Gasteiger partial charge on any atom is 0.222 e. The van der Waals surface area contributed by atoms with Gasteiger partial charge in [-0.3, -0.25) is 4.79 Å². The zero-order chi connectivity index (χ0) is 17.2. The van der Waals surface area contributed by atoms with E-state index in [0.717, 1.165) is 55.9 Å². The van der Waals surface area contributed by atoms with Gasteiger partial charge in [-0.15, -0.1) is 0 Å². The fraction of sp³-hybridized carbons (Fsp3) is 0.650. The maximum absolute atomic E-state index is 12.6. The van der Waals surface area contributed by atoms with E-state index in [4.69, 9.17) is 4.98 Å². The Morgan fingerprint density at radius 3 is 2.92 bits per heavy atom. The third-order valence-corrected chi connectivity index (χ3v) is 5.82. The Bertz CT molecular complexity index is 747. The van der Waals surface area contributed by atoms with Crippen molar-refractivity contribution in [3.8, 4) is 0 Å². The Labute approximate surface area is 149 Å². The first-order chi connectivity index (χ1) is 12.3. The molecule has 2 aromatic heterocycles. The lowest BCUT2D eigenvalue weighted by Gasteiger charge is -2.19.